The Morgan fingerprint density at radius 3 is 2.52 bits per heavy atom. The maximum atomic E-state index is 12.3. The van der Waals surface area contributed by atoms with Crippen LogP contribution in [0.3, 0.4) is 0 Å². The molecule has 1 atom stereocenters. The van der Waals surface area contributed by atoms with E-state index < -0.39 is 12.0 Å². The maximum absolute atomic E-state index is 12.3. The van der Waals surface area contributed by atoms with Crippen molar-refractivity contribution in [3.63, 3.8) is 0 Å². The van der Waals surface area contributed by atoms with Crippen molar-refractivity contribution in [2.24, 2.45) is 5.92 Å². The molecule has 5 nitrogen and oxygen atoms in total. The molecule has 0 aliphatic carbocycles. The second kappa shape index (κ2) is 5.99. The van der Waals surface area contributed by atoms with E-state index in [2.05, 4.69) is 5.32 Å². The number of rotatable bonds is 5. The van der Waals surface area contributed by atoms with Gasteiger partial charge in [0.05, 0.1) is 6.42 Å². The molecule has 0 fully saturated rings. The van der Waals surface area contributed by atoms with Gasteiger partial charge in [0.1, 0.15) is 5.58 Å². The largest absolute Gasteiger partial charge is 0.481 e. The minimum atomic E-state index is -0.935. The van der Waals surface area contributed by atoms with Gasteiger partial charge in [-0.25, -0.2) is 0 Å². The van der Waals surface area contributed by atoms with E-state index in [-0.39, 0.29) is 24.0 Å². The van der Waals surface area contributed by atoms with Crippen molar-refractivity contribution in [3.05, 3.63) is 35.6 Å². The number of carbonyl (C=O) groups is 2. The van der Waals surface area contributed by atoms with Crippen LogP contribution in [0.1, 0.15) is 36.4 Å². The number of aryl methyl sites for hydroxylation is 1. The van der Waals surface area contributed by atoms with Gasteiger partial charge in [-0.1, -0.05) is 32.0 Å². The molecule has 0 saturated carbocycles. The SMILES string of the molecule is Cc1c(C(=O)NC(CC(=O)O)C(C)C)oc2ccccc12. The van der Waals surface area contributed by atoms with Crippen LogP contribution in [0.4, 0.5) is 0 Å². The molecule has 0 aliphatic rings. The number of carboxylic acids is 1. The van der Waals surface area contributed by atoms with Crippen LogP contribution in [0.2, 0.25) is 0 Å². The van der Waals surface area contributed by atoms with Crippen molar-refractivity contribution < 1.29 is 19.1 Å². The highest BCUT2D eigenvalue weighted by Gasteiger charge is 2.23. The lowest BCUT2D eigenvalue weighted by Gasteiger charge is -2.20. The molecule has 0 saturated heterocycles. The van der Waals surface area contributed by atoms with Crippen molar-refractivity contribution in [1.29, 1.82) is 0 Å². The molecule has 21 heavy (non-hydrogen) atoms. The number of fused-ring (bicyclic) bond motifs is 1. The average molecular weight is 289 g/mol. The highest BCUT2D eigenvalue weighted by molar-refractivity contribution is 5.99. The molecule has 0 bridgehead atoms. The van der Waals surface area contributed by atoms with Crippen LogP contribution in [0, 0.1) is 12.8 Å². The standard InChI is InChI=1S/C16H19NO4/c1-9(2)12(8-14(18)19)17-16(20)15-10(3)11-6-4-5-7-13(11)21-15/h4-7,9,12H,8H2,1-3H3,(H,17,20)(H,18,19). The number of benzene rings is 1. The number of nitrogens with one attached hydrogen (secondary N) is 1. The fourth-order valence-electron chi connectivity index (χ4n) is 2.27. The number of amides is 1. The Labute approximate surface area is 122 Å². The Bertz CT molecular complexity index is 672. The summed E-state index contributed by atoms with van der Waals surface area (Å²) in [6, 6.07) is 6.99. The summed E-state index contributed by atoms with van der Waals surface area (Å²) in [5.41, 5.74) is 1.42. The lowest BCUT2D eigenvalue weighted by Crippen LogP contribution is -2.40. The third kappa shape index (κ3) is 3.24. The summed E-state index contributed by atoms with van der Waals surface area (Å²) in [6.45, 7) is 5.57. The second-order valence-electron chi connectivity index (χ2n) is 5.47. The van der Waals surface area contributed by atoms with Crippen molar-refractivity contribution in [1.82, 2.24) is 5.32 Å². The van der Waals surface area contributed by atoms with Gasteiger partial charge in [0.25, 0.3) is 5.91 Å². The number of para-hydroxylation sites is 1. The van der Waals surface area contributed by atoms with E-state index in [1.165, 1.54) is 0 Å². The molecule has 0 radical (unpaired) electrons. The minimum Gasteiger partial charge on any atom is -0.481 e. The molecule has 1 aromatic carbocycles. The molecule has 1 unspecified atom stereocenters. The summed E-state index contributed by atoms with van der Waals surface area (Å²) >= 11 is 0. The predicted octanol–water partition coefficient (Wildman–Crippen LogP) is 2.97. The second-order valence-corrected chi connectivity index (χ2v) is 5.47. The zero-order chi connectivity index (χ0) is 15.6. The monoisotopic (exact) mass is 289 g/mol. The number of furan rings is 1. The van der Waals surface area contributed by atoms with E-state index in [0.29, 0.717) is 5.58 Å². The van der Waals surface area contributed by atoms with Gasteiger partial charge in [-0.3, -0.25) is 9.59 Å². The Morgan fingerprint density at radius 1 is 1.29 bits per heavy atom. The molecule has 2 aromatic rings. The zero-order valence-electron chi connectivity index (χ0n) is 12.3. The minimum absolute atomic E-state index is 0.0229. The normalized spacial score (nSPS) is 12.6. The van der Waals surface area contributed by atoms with Crippen LogP contribution in [0.15, 0.2) is 28.7 Å². The van der Waals surface area contributed by atoms with Gasteiger partial charge in [-0.2, -0.15) is 0 Å². The lowest BCUT2D eigenvalue weighted by molar-refractivity contribution is -0.137. The smallest absolute Gasteiger partial charge is 0.305 e. The first kappa shape index (κ1) is 15.1. The Morgan fingerprint density at radius 2 is 1.95 bits per heavy atom. The molecule has 1 aromatic heterocycles. The van der Waals surface area contributed by atoms with Crippen molar-refractivity contribution in [2.75, 3.05) is 0 Å². The van der Waals surface area contributed by atoms with Gasteiger partial charge in [0.15, 0.2) is 5.76 Å². The van der Waals surface area contributed by atoms with E-state index in [4.69, 9.17) is 9.52 Å². The first-order chi connectivity index (χ1) is 9.90. The van der Waals surface area contributed by atoms with E-state index in [9.17, 15) is 9.59 Å². The summed E-state index contributed by atoms with van der Waals surface area (Å²) in [6.07, 6.45) is -0.108. The molecular formula is C16H19NO4. The summed E-state index contributed by atoms with van der Waals surface area (Å²) in [4.78, 5) is 23.2. The third-order valence-electron chi connectivity index (χ3n) is 3.57. The molecule has 1 amide bonds. The number of aliphatic carboxylic acids is 1. The highest BCUT2D eigenvalue weighted by Crippen LogP contribution is 2.25. The van der Waals surface area contributed by atoms with Crippen molar-refractivity contribution in [2.45, 2.75) is 33.2 Å². The van der Waals surface area contributed by atoms with Gasteiger partial charge in [0, 0.05) is 17.0 Å². The fourth-order valence-corrected chi connectivity index (χ4v) is 2.27. The Hall–Kier alpha value is -2.30. The Kier molecular flexibility index (Phi) is 4.31. The van der Waals surface area contributed by atoms with Crippen LogP contribution in [-0.4, -0.2) is 23.0 Å². The van der Waals surface area contributed by atoms with Crippen LogP contribution < -0.4 is 5.32 Å². The van der Waals surface area contributed by atoms with Crippen molar-refractivity contribution in [3.8, 4) is 0 Å². The van der Waals surface area contributed by atoms with E-state index in [1.54, 1.807) is 6.07 Å². The molecule has 112 valence electrons. The van der Waals surface area contributed by atoms with E-state index >= 15 is 0 Å². The topological polar surface area (TPSA) is 79.5 Å². The molecule has 0 spiro atoms. The molecule has 2 N–H and O–H groups in total. The van der Waals surface area contributed by atoms with Crippen LogP contribution >= 0.6 is 0 Å². The zero-order valence-corrected chi connectivity index (χ0v) is 12.3. The Balaban J connectivity index is 2.25. The quantitative estimate of drug-likeness (QED) is 0.886. The number of carboxylic acid groups (broad SMARTS) is 1. The maximum Gasteiger partial charge on any atom is 0.305 e. The predicted molar refractivity (Wildman–Crippen MR) is 79.3 cm³/mol. The number of hydrogen-bond donors (Lipinski definition) is 2. The molecule has 1 heterocycles. The van der Waals surface area contributed by atoms with Gasteiger partial charge in [-0.05, 0) is 18.9 Å². The van der Waals surface area contributed by atoms with Crippen LogP contribution in [-0.2, 0) is 4.79 Å². The first-order valence-corrected chi connectivity index (χ1v) is 6.91. The molecular weight excluding hydrogens is 270 g/mol. The van der Waals surface area contributed by atoms with E-state index in [0.717, 1.165) is 10.9 Å². The summed E-state index contributed by atoms with van der Waals surface area (Å²) in [7, 11) is 0. The van der Waals surface area contributed by atoms with E-state index in [1.807, 2.05) is 39.0 Å². The van der Waals surface area contributed by atoms with Gasteiger partial charge < -0.3 is 14.8 Å². The first-order valence-electron chi connectivity index (χ1n) is 6.91. The van der Waals surface area contributed by atoms with Crippen molar-refractivity contribution >= 4 is 22.8 Å². The summed E-state index contributed by atoms with van der Waals surface area (Å²) in [5.74, 6) is -1.04. The number of carbonyl (C=O) groups excluding carboxylic acids is 1. The lowest BCUT2D eigenvalue weighted by atomic mass is 10.0. The number of hydrogen-bond acceptors (Lipinski definition) is 3. The van der Waals surface area contributed by atoms with Gasteiger partial charge in [0.2, 0.25) is 0 Å². The third-order valence-corrected chi connectivity index (χ3v) is 3.57. The van der Waals surface area contributed by atoms with Crippen LogP contribution in [0.25, 0.3) is 11.0 Å². The summed E-state index contributed by atoms with van der Waals surface area (Å²) in [5, 5.41) is 12.6. The highest BCUT2D eigenvalue weighted by atomic mass is 16.4. The van der Waals surface area contributed by atoms with Gasteiger partial charge in [-0.15, -0.1) is 0 Å². The average Bonchev–Trinajstić information content (AvgIpc) is 2.75. The van der Waals surface area contributed by atoms with Crippen LogP contribution in [0.5, 0.6) is 0 Å². The summed E-state index contributed by atoms with van der Waals surface area (Å²) < 4.78 is 5.59. The fraction of sp³-hybridized carbons (Fsp3) is 0.375. The van der Waals surface area contributed by atoms with Gasteiger partial charge >= 0.3 is 5.97 Å². The molecule has 2 rings (SSSR count). The molecule has 0 aliphatic heterocycles. The molecule has 5 heteroatoms.